The van der Waals surface area contributed by atoms with E-state index < -0.39 is 11.7 Å². The average Bonchev–Trinajstić information content (AvgIpc) is 2.53. The largest absolute Gasteiger partial charge is 0.460 e. The van der Waals surface area contributed by atoms with E-state index >= 15 is 0 Å². The maximum atomic E-state index is 13.3. The number of nitrogens with zero attached hydrogens (tertiary/aromatic N) is 3. The fraction of sp³-hybridized carbons (Fsp3) is 0.375. The zero-order chi connectivity index (χ0) is 17.9. The van der Waals surface area contributed by atoms with Crippen LogP contribution in [-0.4, -0.2) is 23.1 Å². The van der Waals surface area contributed by atoms with E-state index in [0.717, 1.165) is 9.77 Å². The Bertz CT molecular complexity index is 709. The van der Waals surface area contributed by atoms with Crippen LogP contribution in [0.25, 0.3) is 0 Å². The molecule has 0 spiro atoms. The Morgan fingerprint density at radius 1 is 1.33 bits per heavy atom. The Balaban J connectivity index is 2.49. The number of anilines is 2. The molecule has 8 heteroatoms. The SMILES string of the molecule is CCC(C)Oc1ncc(C(F)(F)F)c(N(C)c2cccc(I)c2)n1. The Kier molecular flexibility index (Phi) is 5.89. The van der Waals surface area contributed by atoms with Gasteiger partial charge in [-0.25, -0.2) is 4.98 Å². The molecular weight excluding hydrogens is 434 g/mol. The molecule has 2 aromatic rings. The van der Waals surface area contributed by atoms with Crippen LogP contribution in [0.4, 0.5) is 24.7 Å². The van der Waals surface area contributed by atoms with Gasteiger partial charge < -0.3 is 9.64 Å². The van der Waals surface area contributed by atoms with Crippen molar-refractivity contribution in [2.24, 2.45) is 0 Å². The first-order valence-electron chi connectivity index (χ1n) is 7.32. The van der Waals surface area contributed by atoms with Gasteiger partial charge in [-0.05, 0) is 54.1 Å². The van der Waals surface area contributed by atoms with E-state index in [-0.39, 0.29) is 17.9 Å². The van der Waals surface area contributed by atoms with E-state index in [0.29, 0.717) is 12.1 Å². The molecule has 0 amide bonds. The van der Waals surface area contributed by atoms with E-state index in [1.807, 2.05) is 19.9 Å². The van der Waals surface area contributed by atoms with E-state index in [2.05, 4.69) is 32.6 Å². The van der Waals surface area contributed by atoms with Crippen molar-refractivity contribution in [3.8, 4) is 6.01 Å². The summed E-state index contributed by atoms with van der Waals surface area (Å²) in [5, 5.41) is 0. The van der Waals surface area contributed by atoms with Crippen LogP contribution < -0.4 is 9.64 Å². The van der Waals surface area contributed by atoms with Gasteiger partial charge in [-0.1, -0.05) is 13.0 Å². The minimum absolute atomic E-state index is 0.0650. The van der Waals surface area contributed by atoms with Gasteiger partial charge in [0.15, 0.2) is 5.82 Å². The lowest BCUT2D eigenvalue weighted by molar-refractivity contribution is -0.137. The Morgan fingerprint density at radius 3 is 2.62 bits per heavy atom. The molecule has 1 aromatic carbocycles. The smallest absolute Gasteiger partial charge is 0.421 e. The lowest BCUT2D eigenvalue weighted by atomic mass is 10.2. The van der Waals surface area contributed by atoms with Crippen molar-refractivity contribution in [3.05, 3.63) is 39.6 Å². The number of ether oxygens (including phenoxy) is 1. The van der Waals surface area contributed by atoms with Crippen LogP contribution in [0.5, 0.6) is 6.01 Å². The molecule has 0 aliphatic carbocycles. The number of rotatable bonds is 5. The second kappa shape index (κ2) is 7.54. The third kappa shape index (κ3) is 4.49. The van der Waals surface area contributed by atoms with Crippen LogP contribution in [0.1, 0.15) is 25.8 Å². The van der Waals surface area contributed by atoms with Crippen LogP contribution in [0.3, 0.4) is 0 Å². The molecule has 0 fully saturated rings. The Labute approximate surface area is 152 Å². The lowest BCUT2D eigenvalue weighted by Gasteiger charge is -2.23. The number of hydrogen-bond donors (Lipinski definition) is 0. The summed E-state index contributed by atoms with van der Waals surface area (Å²) >= 11 is 2.10. The van der Waals surface area contributed by atoms with Crippen LogP contribution >= 0.6 is 22.6 Å². The molecule has 0 aliphatic heterocycles. The van der Waals surface area contributed by atoms with Crippen molar-refractivity contribution in [2.45, 2.75) is 32.5 Å². The molecule has 2 rings (SSSR count). The Morgan fingerprint density at radius 2 is 2.04 bits per heavy atom. The molecule has 1 atom stereocenters. The van der Waals surface area contributed by atoms with Gasteiger partial charge in [0.2, 0.25) is 0 Å². The van der Waals surface area contributed by atoms with Gasteiger partial charge in [0.25, 0.3) is 0 Å². The van der Waals surface area contributed by atoms with Crippen molar-refractivity contribution in [1.82, 2.24) is 9.97 Å². The van der Waals surface area contributed by atoms with E-state index in [1.165, 1.54) is 11.9 Å². The number of hydrogen-bond acceptors (Lipinski definition) is 4. The minimum Gasteiger partial charge on any atom is -0.460 e. The summed E-state index contributed by atoms with van der Waals surface area (Å²) in [6, 6.07) is 7.07. The van der Waals surface area contributed by atoms with Crippen LogP contribution in [0.15, 0.2) is 30.5 Å². The zero-order valence-corrected chi connectivity index (χ0v) is 15.6. The van der Waals surface area contributed by atoms with E-state index in [4.69, 9.17) is 4.74 Å². The quantitative estimate of drug-likeness (QED) is 0.597. The first kappa shape index (κ1) is 18.8. The lowest BCUT2D eigenvalue weighted by Crippen LogP contribution is -2.20. The average molecular weight is 451 g/mol. The van der Waals surface area contributed by atoms with Gasteiger partial charge in [-0.15, -0.1) is 0 Å². The number of benzene rings is 1. The summed E-state index contributed by atoms with van der Waals surface area (Å²) in [5.74, 6) is -0.238. The van der Waals surface area contributed by atoms with Gasteiger partial charge in [0.1, 0.15) is 5.56 Å². The zero-order valence-electron chi connectivity index (χ0n) is 13.4. The highest BCUT2D eigenvalue weighted by molar-refractivity contribution is 14.1. The number of alkyl halides is 3. The minimum atomic E-state index is -4.56. The first-order chi connectivity index (χ1) is 11.2. The molecule has 0 saturated carbocycles. The second-order valence-electron chi connectivity index (χ2n) is 5.26. The molecule has 0 bridgehead atoms. The molecule has 0 aliphatic rings. The molecule has 0 N–H and O–H groups in total. The summed E-state index contributed by atoms with van der Waals surface area (Å²) in [4.78, 5) is 9.09. The first-order valence-corrected chi connectivity index (χ1v) is 8.40. The highest BCUT2D eigenvalue weighted by Crippen LogP contribution is 2.37. The third-order valence-corrected chi connectivity index (χ3v) is 4.12. The summed E-state index contributed by atoms with van der Waals surface area (Å²) < 4.78 is 46.3. The maximum Gasteiger partial charge on any atom is 0.421 e. The van der Waals surface area contributed by atoms with Crippen LogP contribution in [0.2, 0.25) is 0 Å². The van der Waals surface area contributed by atoms with Gasteiger partial charge in [0.05, 0.1) is 6.10 Å². The highest BCUT2D eigenvalue weighted by Gasteiger charge is 2.36. The fourth-order valence-corrected chi connectivity index (χ4v) is 2.47. The van der Waals surface area contributed by atoms with Gasteiger partial charge in [-0.2, -0.15) is 18.2 Å². The van der Waals surface area contributed by atoms with E-state index in [9.17, 15) is 13.2 Å². The molecule has 24 heavy (non-hydrogen) atoms. The third-order valence-electron chi connectivity index (χ3n) is 3.45. The molecule has 4 nitrogen and oxygen atoms in total. The van der Waals surface area contributed by atoms with Crippen molar-refractivity contribution in [2.75, 3.05) is 11.9 Å². The van der Waals surface area contributed by atoms with Crippen molar-refractivity contribution >= 4 is 34.1 Å². The van der Waals surface area contributed by atoms with Crippen LogP contribution in [0, 0.1) is 3.57 Å². The molecule has 130 valence electrons. The topological polar surface area (TPSA) is 38.2 Å². The molecule has 1 heterocycles. The van der Waals surface area contributed by atoms with Gasteiger partial charge >= 0.3 is 12.2 Å². The van der Waals surface area contributed by atoms with Crippen molar-refractivity contribution < 1.29 is 17.9 Å². The molecular formula is C16H17F3IN3O. The summed E-state index contributed by atoms with van der Waals surface area (Å²) in [5.41, 5.74) is -0.305. The fourth-order valence-electron chi connectivity index (χ4n) is 1.94. The van der Waals surface area contributed by atoms with E-state index in [1.54, 1.807) is 18.2 Å². The summed E-state index contributed by atoms with van der Waals surface area (Å²) in [6.45, 7) is 3.72. The van der Waals surface area contributed by atoms with Crippen molar-refractivity contribution in [1.29, 1.82) is 0 Å². The molecule has 0 radical (unpaired) electrons. The predicted molar refractivity (Wildman–Crippen MR) is 94.6 cm³/mol. The van der Waals surface area contributed by atoms with Crippen LogP contribution in [-0.2, 0) is 6.18 Å². The normalized spacial score (nSPS) is 12.8. The standard InChI is InChI=1S/C16H17F3IN3O/c1-4-10(2)24-15-21-9-13(16(17,18)19)14(22-15)23(3)12-7-5-6-11(20)8-12/h5-10H,4H2,1-3H3. The number of halogens is 4. The summed E-state index contributed by atoms with van der Waals surface area (Å²) in [7, 11) is 1.54. The molecule has 1 unspecified atom stereocenters. The predicted octanol–water partition coefficient (Wildman–Crippen LogP) is 5.05. The second-order valence-corrected chi connectivity index (χ2v) is 6.51. The van der Waals surface area contributed by atoms with Gasteiger partial charge in [-0.3, -0.25) is 0 Å². The summed E-state index contributed by atoms with van der Waals surface area (Å²) in [6.07, 6.45) is -3.27. The van der Waals surface area contributed by atoms with Crippen molar-refractivity contribution in [3.63, 3.8) is 0 Å². The maximum absolute atomic E-state index is 13.3. The molecule has 1 aromatic heterocycles. The Hall–Kier alpha value is -1.58. The van der Waals surface area contributed by atoms with Gasteiger partial charge in [0, 0.05) is 22.5 Å². The number of aromatic nitrogens is 2. The monoisotopic (exact) mass is 451 g/mol. The highest BCUT2D eigenvalue weighted by atomic mass is 127. The molecule has 0 saturated heterocycles.